The van der Waals surface area contributed by atoms with Crippen molar-refractivity contribution >= 4 is 5.71 Å². The Hall–Kier alpha value is -0.990. The average molecular weight is 167 g/mol. The summed E-state index contributed by atoms with van der Waals surface area (Å²) in [6.07, 6.45) is 4.17. The largest absolute Gasteiger partial charge is 0.287 e. The van der Waals surface area contributed by atoms with Crippen LogP contribution < -0.4 is 5.43 Å². The number of hydrogen-bond donors (Lipinski definition) is 1. The molecule has 0 aromatic carbocycles. The molecule has 3 nitrogen and oxygen atoms in total. The number of allylic oxidation sites excluding steroid dienone is 2. The molecular formula is C9H17N3. The van der Waals surface area contributed by atoms with Crippen LogP contribution in [0.15, 0.2) is 16.9 Å². The lowest BCUT2D eigenvalue weighted by Gasteiger charge is -2.25. The first-order valence-corrected chi connectivity index (χ1v) is 4.62. The van der Waals surface area contributed by atoms with Crippen LogP contribution in [0.25, 0.3) is 0 Å². The predicted octanol–water partition coefficient (Wildman–Crippen LogP) is 1.89. The van der Waals surface area contributed by atoms with Gasteiger partial charge >= 0.3 is 0 Å². The fourth-order valence-electron chi connectivity index (χ4n) is 1.11. The molecule has 1 N–H and O–H groups in total. The summed E-state index contributed by atoms with van der Waals surface area (Å²) in [7, 11) is 0. The molecule has 0 radical (unpaired) electrons. The molecule has 0 saturated heterocycles. The van der Waals surface area contributed by atoms with Gasteiger partial charge in [0.25, 0.3) is 0 Å². The van der Waals surface area contributed by atoms with Gasteiger partial charge in [0.15, 0.2) is 0 Å². The van der Waals surface area contributed by atoms with Crippen molar-refractivity contribution in [3.8, 4) is 0 Å². The van der Waals surface area contributed by atoms with E-state index in [1.165, 1.54) is 5.70 Å². The highest BCUT2D eigenvalue weighted by molar-refractivity contribution is 5.95. The molecule has 1 aliphatic rings. The maximum absolute atomic E-state index is 4.38. The first-order chi connectivity index (χ1) is 5.80. The second-order valence-corrected chi connectivity index (χ2v) is 2.80. The summed E-state index contributed by atoms with van der Waals surface area (Å²) in [5.41, 5.74) is 5.64. The summed E-state index contributed by atoms with van der Waals surface area (Å²) in [4.78, 5) is 0. The van der Waals surface area contributed by atoms with Gasteiger partial charge in [-0.15, -0.1) is 0 Å². The minimum absolute atomic E-state index is 0.904. The number of rotatable bonds is 3. The van der Waals surface area contributed by atoms with Crippen molar-refractivity contribution in [2.75, 3.05) is 6.54 Å². The van der Waals surface area contributed by atoms with Gasteiger partial charge in [-0.2, -0.15) is 5.10 Å². The van der Waals surface area contributed by atoms with Crippen LogP contribution in [0, 0.1) is 0 Å². The zero-order chi connectivity index (χ0) is 8.97. The van der Waals surface area contributed by atoms with Crippen LogP contribution in [0.3, 0.4) is 0 Å². The summed E-state index contributed by atoms with van der Waals surface area (Å²) in [5, 5.41) is 6.27. The smallest absolute Gasteiger partial charge is 0.0640 e. The van der Waals surface area contributed by atoms with Gasteiger partial charge in [-0.1, -0.05) is 13.8 Å². The van der Waals surface area contributed by atoms with Gasteiger partial charge < -0.3 is 0 Å². The molecule has 0 aromatic heterocycles. The van der Waals surface area contributed by atoms with E-state index in [0.29, 0.717) is 0 Å². The second kappa shape index (κ2) is 4.14. The quantitative estimate of drug-likeness (QED) is 0.695. The molecule has 0 fully saturated rings. The number of nitrogens with zero attached hydrogens (tertiary/aromatic N) is 2. The van der Waals surface area contributed by atoms with Gasteiger partial charge in [-0.05, 0) is 25.8 Å². The van der Waals surface area contributed by atoms with Crippen molar-refractivity contribution < 1.29 is 0 Å². The van der Waals surface area contributed by atoms with E-state index < -0.39 is 0 Å². The lowest BCUT2D eigenvalue weighted by molar-refractivity contribution is 0.228. The van der Waals surface area contributed by atoms with E-state index in [0.717, 1.165) is 25.1 Å². The number of hydrogen-bond acceptors (Lipinski definition) is 3. The van der Waals surface area contributed by atoms with Crippen molar-refractivity contribution in [1.29, 1.82) is 0 Å². The van der Waals surface area contributed by atoms with E-state index in [9.17, 15) is 0 Å². The van der Waals surface area contributed by atoms with Crippen molar-refractivity contribution in [3.63, 3.8) is 0 Å². The molecule has 0 spiro atoms. The maximum Gasteiger partial charge on any atom is 0.0640 e. The van der Waals surface area contributed by atoms with Crippen LogP contribution in [-0.4, -0.2) is 17.4 Å². The molecule has 0 unspecified atom stereocenters. The molecule has 3 heteroatoms. The fraction of sp³-hybridized carbons (Fsp3) is 0.667. The Morgan fingerprint density at radius 1 is 1.33 bits per heavy atom. The molecule has 0 amide bonds. The van der Waals surface area contributed by atoms with E-state index in [1.54, 1.807) is 0 Å². The van der Waals surface area contributed by atoms with Gasteiger partial charge in [-0.25, -0.2) is 5.12 Å². The Bertz CT molecular complexity index is 206. The number of hydrazone groups is 1. The highest BCUT2D eigenvalue weighted by Gasteiger charge is 2.07. The summed E-state index contributed by atoms with van der Waals surface area (Å²) in [6, 6.07) is 0. The Morgan fingerprint density at radius 2 is 2.08 bits per heavy atom. The van der Waals surface area contributed by atoms with E-state index in [4.69, 9.17) is 0 Å². The van der Waals surface area contributed by atoms with Crippen LogP contribution >= 0.6 is 0 Å². The van der Waals surface area contributed by atoms with Gasteiger partial charge in [0, 0.05) is 5.70 Å². The van der Waals surface area contributed by atoms with Gasteiger partial charge in [-0.3, -0.25) is 5.43 Å². The molecular weight excluding hydrogens is 150 g/mol. The third kappa shape index (κ3) is 2.00. The van der Waals surface area contributed by atoms with Crippen molar-refractivity contribution in [1.82, 2.24) is 10.5 Å². The predicted molar refractivity (Wildman–Crippen MR) is 51.6 cm³/mol. The monoisotopic (exact) mass is 167 g/mol. The Balaban J connectivity index is 2.70. The van der Waals surface area contributed by atoms with Crippen molar-refractivity contribution in [2.45, 2.75) is 33.6 Å². The van der Waals surface area contributed by atoms with Crippen LogP contribution in [0.5, 0.6) is 0 Å². The summed E-state index contributed by atoms with van der Waals surface area (Å²) in [5.74, 6) is 0. The molecule has 1 rings (SSSR count). The highest BCUT2D eigenvalue weighted by Crippen LogP contribution is 2.06. The Kier molecular flexibility index (Phi) is 3.14. The number of nitrogens with one attached hydrogen (secondary N) is 1. The third-order valence-corrected chi connectivity index (χ3v) is 1.91. The van der Waals surface area contributed by atoms with E-state index in [-0.39, 0.29) is 0 Å². The molecule has 12 heavy (non-hydrogen) atoms. The molecule has 68 valence electrons. The van der Waals surface area contributed by atoms with E-state index in [2.05, 4.69) is 37.4 Å². The molecule has 0 aliphatic carbocycles. The Labute approximate surface area is 74.1 Å². The van der Waals surface area contributed by atoms with Gasteiger partial charge in [0.05, 0.1) is 12.3 Å². The summed E-state index contributed by atoms with van der Waals surface area (Å²) in [6.45, 7) is 7.26. The molecule has 0 atom stereocenters. The molecule has 0 bridgehead atoms. The zero-order valence-electron chi connectivity index (χ0n) is 8.09. The second-order valence-electron chi connectivity index (χ2n) is 2.80. The lowest BCUT2D eigenvalue weighted by Crippen LogP contribution is -2.36. The van der Waals surface area contributed by atoms with Crippen LogP contribution in [0.1, 0.15) is 33.6 Å². The van der Waals surface area contributed by atoms with E-state index in [1.807, 2.05) is 5.12 Å². The molecule has 0 saturated carbocycles. The van der Waals surface area contributed by atoms with Gasteiger partial charge in [0.1, 0.15) is 0 Å². The average Bonchev–Trinajstić information content (AvgIpc) is 2.16. The minimum Gasteiger partial charge on any atom is -0.287 e. The van der Waals surface area contributed by atoms with Crippen LogP contribution in [0.2, 0.25) is 0 Å². The molecule has 1 aliphatic heterocycles. The first kappa shape index (κ1) is 9.10. The lowest BCUT2D eigenvalue weighted by atomic mass is 10.2. The standard InChI is InChI=1S/C9H17N3/c1-4-8-7-9(5-2)11-12(6-3)10-8/h7,10H,4-6H2,1-3H3. The van der Waals surface area contributed by atoms with Gasteiger partial charge in [0.2, 0.25) is 0 Å². The molecule has 0 aromatic rings. The first-order valence-electron chi connectivity index (χ1n) is 4.62. The SMILES string of the molecule is CCC1=CC(CC)=NN(CC)N1. The zero-order valence-corrected chi connectivity index (χ0v) is 8.09. The topological polar surface area (TPSA) is 27.6 Å². The minimum atomic E-state index is 0.904. The highest BCUT2D eigenvalue weighted by atomic mass is 15.7. The van der Waals surface area contributed by atoms with Crippen LogP contribution in [0.4, 0.5) is 0 Å². The molecule has 1 heterocycles. The van der Waals surface area contributed by atoms with E-state index >= 15 is 0 Å². The summed E-state index contributed by atoms with van der Waals surface area (Å²) >= 11 is 0. The van der Waals surface area contributed by atoms with Crippen LogP contribution in [-0.2, 0) is 0 Å². The summed E-state index contributed by atoms with van der Waals surface area (Å²) < 4.78 is 0. The fourth-order valence-corrected chi connectivity index (χ4v) is 1.11. The van der Waals surface area contributed by atoms with Crippen molar-refractivity contribution in [2.24, 2.45) is 5.10 Å². The van der Waals surface area contributed by atoms with Crippen molar-refractivity contribution in [3.05, 3.63) is 11.8 Å². The maximum atomic E-state index is 4.38. The number of hydrazine groups is 1. The third-order valence-electron chi connectivity index (χ3n) is 1.91. The Morgan fingerprint density at radius 3 is 2.58 bits per heavy atom. The normalized spacial score (nSPS) is 16.8.